The molecule has 0 aliphatic heterocycles. The fourth-order valence-corrected chi connectivity index (χ4v) is 4.40. The lowest BCUT2D eigenvalue weighted by Crippen LogP contribution is -2.21. The summed E-state index contributed by atoms with van der Waals surface area (Å²) in [5.41, 5.74) is 3.72. The number of hydrogen-bond donors (Lipinski definition) is 1. The van der Waals surface area contributed by atoms with Gasteiger partial charge in [0.25, 0.3) is 5.91 Å². The Bertz CT molecular complexity index is 826. The maximum atomic E-state index is 12.4. The minimum absolute atomic E-state index is 0.0434. The SMILES string of the molecule is O=C(NCc1ccc(Cn2ccnc2)cc1)c1cc2c(s1)CCCC2. The number of carbonyl (C=O) groups is 1. The van der Waals surface area contributed by atoms with E-state index in [0.717, 1.165) is 29.8 Å². The van der Waals surface area contributed by atoms with Crippen molar-refractivity contribution in [3.63, 3.8) is 0 Å². The molecule has 25 heavy (non-hydrogen) atoms. The average molecular weight is 351 g/mol. The zero-order chi connectivity index (χ0) is 17.1. The van der Waals surface area contributed by atoms with Crippen LogP contribution in [0, 0.1) is 0 Å². The Morgan fingerprint density at radius 2 is 1.96 bits per heavy atom. The van der Waals surface area contributed by atoms with E-state index in [9.17, 15) is 4.79 Å². The number of nitrogens with one attached hydrogen (secondary N) is 1. The van der Waals surface area contributed by atoms with Gasteiger partial charge in [-0.3, -0.25) is 4.79 Å². The molecule has 0 spiro atoms. The molecule has 0 saturated carbocycles. The summed E-state index contributed by atoms with van der Waals surface area (Å²) in [5, 5.41) is 3.05. The Morgan fingerprint density at radius 3 is 2.72 bits per heavy atom. The monoisotopic (exact) mass is 351 g/mol. The van der Waals surface area contributed by atoms with E-state index in [2.05, 4.69) is 40.6 Å². The highest BCUT2D eigenvalue weighted by atomic mass is 32.1. The van der Waals surface area contributed by atoms with Crippen molar-refractivity contribution in [3.8, 4) is 0 Å². The minimum atomic E-state index is 0.0434. The molecule has 3 aromatic rings. The van der Waals surface area contributed by atoms with Crippen LogP contribution in [0.15, 0.2) is 49.1 Å². The zero-order valence-electron chi connectivity index (χ0n) is 14.1. The first kappa shape index (κ1) is 16.1. The number of aromatic nitrogens is 2. The summed E-state index contributed by atoms with van der Waals surface area (Å²) in [6, 6.07) is 10.4. The Balaban J connectivity index is 1.34. The van der Waals surface area contributed by atoms with Crippen molar-refractivity contribution >= 4 is 17.2 Å². The van der Waals surface area contributed by atoms with Gasteiger partial charge in [-0.25, -0.2) is 4.98 Å². The third-order valence-corrected chi connectivity index (χ3v) is 5.86. The predicted molar refractivity (Wildman–Crippen MR) is 99.9 cm³/mol. The topological polar surface area (TPSA) is 46.9 Å². The summed E-state index contributed by atoms with van der Waals surface area (Å²) in [6.07, 6.45) is 10.3. The highest BCUT2D eigenvalue weighted by molar-refractivity contribution is 7.14. The smallest absolute Gasteiger partial charge is 0.261 e. The molecule has 1 amide bonds. The normalized spacial score (nSPS) is 13.4. The van der Waals surface area contributed by atoms with Gasteiger partial charge >= 0.3 is 0 Å². The summed E-state index contributed by atoms with van der Waals surface area (Å²) < 4.78 is 2.04. The second-order valence-corrected chi connectivity index (χ2v) is 7.64. The van der Waals surface area contributed by atoms with E-state index in [0.29, 0.717) is 6.54 Å². The molecule has 1 aromatic carbocycles. The van der Waals surface area contributed by atoms with Crippen LogP contribution < -0.4 is 5.32 Å². The van der Waals surface area contributed by atoms with Crippen LogP contribution in [0.5, 0.6) is 0 Å². The molecule has 128 valence electrons. The van der Waals surface area contributed by atoms with Gasteiger partial charge < -0.3 is 9.88 Å². The first-order chi connectivity index (χ1) is 12.3. The van der Waals surface area contributed by atoms with E-state index < -0.39 is 0 Å². The van der Waals surface area contributed by atoms with Gasteiger partial charge in [0.05, 0.1) is 11.2 Å². The number of carbonyl (C=O) groups excluding carboxylic acids is 1. The molecule has 0 radical (unpaired) electrons. The van der Waals surface area contributed by atoms with Gasteiger partial charge in [0.1, 0.15) is 0 Å². The highest BCUT2D eigenvalue weighted by Crippen LogP contribution is 2.29. The van der Waals surface area contributed by atoms with Crippen LogP contribution in [0.1, 0.15) is 44.1 Å². The van der Waals surface area contributed by atoms with Crippen LogP contribution >= 0.6 is 11.3 Å². The predicted octanol–water partition coefficient (Wildman–Crippen LogP) is 3.80. The molecule has 0 saturated heterocycles. The summed E-state index contributed by atoms with van der Waals surface area (Å²) in [6.45, 7) is 1.38. The van der Waals surface area contributed by atoms with Crippen LogP contribution in [-0.4, -0.2) is 15.5 Å². The number of rotatable bonds is 5. The van der Waals surface area contributed by atoms with E-state index in [-0.39, 0.29) is 5.91 Å². The van der Waals surface area contributed by atoms with Crippen molar-refractivity contribution in [1.29, 1.82) is 0 Å². The summed E-state index contributed by atoms with van der Waals surface area (Å²) in [4.78, 5) is 18.7. The number of nitrogens with zero attached hydrogens (tertiary/aromatic N) is 2. The van der Waals surface area contributed by atoms with Crippen LogP contribution in [0.4, 0.5) is 0 Å². The van der Waals surface area contributed by atoms with E-state index in [1.54, 1.807) is 17.5 Å². The second kappa shape index (κ2) is 7.23. The molecule has 0 unspecified atom stereocenters. The van der Waals surface area contributed by atoms with Crippen molar-refractivity contribution in [2.24, 2.45) is 0 Å². The molecule has 0 bridgehead atoms. The molecule has 5 heteroatoms. The van der Waals surface area contributed by atoms with E-state index in [1.165, 1.54) is 28.8 Å². The van der Waals surface area contributed by atoms with Gasteiger partial charge in [0, 0.05) is 30.4 Å². The first-order valence-corrected chi connectivity index (χ1v) is 9.53. The maximum absolute atomic E-state index is 12.4. The lowest BCUT2D eigenvalue weighted by Gasteiger charge is -2.08. The van der Waals surface area contributed by atoms with Gasteiger partial charge in [-0.05, 0) is 48.4 Å². The molecule has 1 aliphatic rings. The lowest BCUT2D eigenvalue weighted by molar-refractivity contribution is 0.0955. The molecular weight excluding hydrogens is 330 g/mol. The summed E-state index contributed by atoms with van der Waals surface area (Å²) >= 11 is 1.66. The largest absolute Gasteiger partial charge is 0.347 e. The van der Waals surface area contributed by atoms with Gasteiger partial charge in [0.15, 0.2) is 0 Å². The highest BCUT2D eigenvalue weighted by Gasteiger charge is 2.16. The molecule has 1 aliphatic carbocycles. The van der Waals surface area contributed by atoms with E-state index >= 15 is 0 Å². The van der Waals surface area contributed by atoms with Gasteiger partial charge in [0.2, 0.25) is 0 Å². The van der Waals surface area contributed by atoms with E-state index in [4.69, 9.17) is 0 Å². The number of fused-ring (bicyclic) bond motifs is 1. The standard InChI is InChI=1S/C20H21N3OS/c24-20(19-11-17-3-1-2-4-18(17)25-19)22-12-15-5-7-16(8-6-15)13-23-10-9-21-14-23/h5-11,14H,1-4,12-13H2,(H,22,24). The van der Waals surface area contributed by atoms with Gasteiger partial charge in [-0.2, -0.15) is 0 Å². The molecule has 2 aromatic heterocycles. The van der Waals surface area contributed by atoms with Crippen molar-refractivity contribution in [2.45, 2.75) is 38.8 Å². The molecule has 1 N–H and O–H groups in total. The number of thiophene rings is 1. The molecule has 4 rings (SSSR count). The third-order valence-electron chi connectivity index (χ3n) is 4.62. The van der Waals surface area contributed by atoms with Crippen molar-refractivity contribution in [1.82, 2.24) is 14.9 Å². The molecule has 4 nitrogen and oxygen atoms in total. The van der Waals surface area contributed by atoms with Crippen molar-refractivity contribution in [2.75, 3.05) is 0 Å². The molecule has 0 atom stereocenters. The molecular formula is C20H21N3OS. The number of hydrogen-bond acceptors (Lipinski definition) is 3. The second-order valence-electron chi connectivity index (χ2n) is 6.50. The maximum Gasteiger partial charge on any atom is 0.261 e. The Morgan fingerprint density at radius 1 is 1.16 bits per heavy atom. The minimum Gasteiger partial charge on any atom is -0.347 e. The van der Waals surface area contributed by atoms with Crippen LogP contribution in [0.3, 0.4) is 0 Å². The Kier molecular flexibility index (Phi) is 4.65. The van der Waals surface area contributed by atoms with Crippen molar-refractivity contribution in [3.05, 3.63) is 75.5 Å². The van der Waals surface area contributed by atoms with Gasteiger partial charge in [-0.15, -0.1) is 11.3 Å². The fraction of sp³-hybridized carbons (Fsp3) is 0.300. The van der Waals surface area contributed by atoms with Crippen LogP contribution in [0.25, 0.3) is 0 Å². The third kappa shape index (κ3) is 3.82. The number of imidazole rings is 1. The number of benzene rings is 1. The summed E-state index contributed by atoms with van der Waals surface area (Å²) in [7, 11) is 0. The zero-order valence-corrected chi connectivity index (χ0v) is 14.9. The summed E-state index contributed by atoms with van der Waals surface area (Å²) in [5.74, 6) is 0.0434. The molecule has 2 heterocycles. The van der Waals surface area contributed by atoms with Crippen molar-refractivity contribution < 1.29 is 4.79 Å². The number of aryl methyl sites for hydroxylation is 2. The average Bonchev–Trinajstić information content (AvgIpc) is 3.30. The fourth-order valence-electron chi connectivity index (χ4n) is 3.23. The Labute approximate surface area is 151 Å². The van der Waals surface area contributed by atoms with E-state index in [1.807, 2.05) is 17.1 Å². The van der Waals surface area contributed by atoms with Crippen LogP contribution in [0.2, 0.25) is 0 Å². The number of amides is 1. The molecule has 0 fully saturated rings. The lowest BCUT2D eigenvalue weighted by atomic mass is 9.99. The van der Waals surface area contributed by atoms with Crippen LogP contribution in [-0.2, 0) is 25.9 Å². The van der Waals surface area contributed by atoms with Gasteiger partial charge in [-0.1, -0.05) is 24.3 Å². The quantitative estimate of drug-likeness (QED) is 0.760. The Hall–Kier alpha value is -2.40. The first-order valence-electron chi connectivity index (χ1n) is 8.71.